The molecule has 4 heteroatoms. The fraction of sp³-hybridized carbons (Fsp3) is 0.375. The first kappa shape index (κ1) is 12.9. The molecule has 0 bridgehead atoms. The van der Waals surface area contributed by atoms with Gasteiger partial charge in [-0.3, -0.25) is 0 Å². The van der Waals surface area contributed by atoms with Gasteiger partial charge in [0.25, 0.3) is 0 Å². The molecule has 3 rings (SSSR count). The van der Waals surface area contributed by atoms with Crippen LogP contribution in [-0.2, 0) is 0 Å². The molecule has 4 nitrogen and oxygen atoms in total. The Balaban J connectivity index is 1.93. The molecular weight excluding hydrogens is 248 g/mol. The molecule has 0 spiro atoms. The van der Waals surface area contributed by atoms with E-state index in [0.717, 1.165) is 17.2 Å². The van der Waals surface area contributed by atoms with Crippen LogP contribution in [0.5, 0.6) is 0 Å². The van der Waals surface area contributed by atoms with E-state index in [2.05, 4.69) is 58.7 Å². The van der Waals surface area contributed by atoms with Gasteiger partial charge in [-0.1, -0.05) is 12.1 Å². The van der Waals surface area contributed by atoms with Gasteiger partial charge < -0.3 is 10.6 Å². The van der Waals surface area contributed by atoms with E-state index >= 15 is 0 Å². The molecule has 20 heavy (non-hydrogen) atoms. The van der Waals surface area contributed by atoms with Crippen molar-refractivity contribution in [1.29, 1.82) is 0 Å². The lowest BCUT2D eigenvalue weighted by Gasteiger charge is -2.12. The quantitative estimate of drug-likeness (QED) is 0.886. The minimum absolute atomic E-state index is 0.615. The normalized spacial score (nSPS) is 14.2. The van der Waals surface area contributed by atoms with Gasteiger partial charge in [0.1, 0.15) is 5.82 Å². The van der Waals surface area contributed by atoms with Crippen LogP contribution < -0.4 is 10.6 Å². The van der Waals surface area contributed by atoms with Crippen molar-refractivity contribution in [2.24, 2.45) is 0 Å². The van der Waals surface area contributed by atoms with Crippen molar-refractivity contribution in [3.8, 4) is 0 Å². The third-order valence-corrected chi connectivity index (χ3v) is 3.62. The Hall–Kier alpha value is -2.10. The van der Waals surface area contributed by atoms with Crippen molar-refractivity contribution in [3.05, 3.63) is 41.1 Å². The number of rotatable bonds is 4. The van der Waals surface area contributed by atoms with Crippen LogP contribution in [0.3, 0.4) is 0 Å². The fourth-order valence-corrected chi connectivity index (χ4v) is 2.24. The SMILES string of the molecule is CNc1nc(Nc2cc(C)ccc2C)cc(C2CC2)n1. The molecule has 1 aliphatic rings. The van der Waals surface area contributed by atoms with Crippen LogP contribution in [0, 0.1) is 13.8 Å². The standard InChI is InChI=1S/C16H20N4/c1-10-4-5-11(2)13(8-10)18-15-9-14(12-6-7-12)19-16(17-3)20-15/h4-5,8-9,12H,6-7H2,1-3H3,(H2,17,18,19,20). The first-order chi connectivity index (χ1) is 9.65. The van der Waals surface area contributed by atoms with E-state index in [4.69, 9.17) is 0 Å². The van der Waals surface area contributed by atoms with Crippen LogP contribution in [-0.4, -0.2) is 17.0 Å². The summed E-state index contributed by atoms with van der Waals surface area (Å²) in [4.78, 5) is 9.03. The lowest BCUT2D eigenvalue weighted by Crippen LogP contribution is -2.04. The molecule has 1 fully saturated rings. The van der Waals surface area contributed by atoms with Crippen LogP contribution in [0.2, 0.25) is 0 Å². The highest BCUT2D eigenvalue weighted by Crippen LogP contribution is 2.40. The number of hydrogen-bond donors (Lipinski definition) is 2. The van der Waals surface area contributed by atoms with Crippen LogP contribution >= 0.6 is 0 Å². The number of anilines is 3. The topological polar surface area (TPSA) is 49.8 Å². The predicted octanol–water partition coefficient (Wildman–Crippen LogP) is 3.76. The smallest absolute Gasteiger partial charge is 0.224 e. The summed E-state index contributed by atoms with van der Waals surface area (Å²) in [6.45, 7) is 4.20. The number of aryl methyl sites for hydroxylation is 2. The molecule has 0 aliphatic heterocycles. The van der Waals surface area contributed by atoms with Gasteiger partial charge in [-0.15, -0.1) is 0 Å². The molecule has 2 aromatic rings. The van der Waals surface area contributed by atoms with Crippen LogP contribution in [0.15, 0.2) is 24.3 Å². The molecule has 1 saturated carbocycles. The number of benzene rings is 1. The summed E-state index contributed by atoms with van der Waals surface area (Å²) in [6, 6.07) is 8.46. The van der Waals surface area contributed by atoms with Crippen molar-refractivity contribution in [2.45, 2.75) is 32.6 Å². The molecule has 0 saturated heterocycles. The van der Waals surface area contributed by atoms with Crippen molar-refractivity contribution in [3.63, 3.8) is 0 Å². The van der Waals surface area contributed by atoms with Gasteiger partial charge in [-0.25, -0.2) is 4.98 Å². The monoisotopic (exact) mass is 268 g/mol. The lowest BCUT2D eigenvalue weighted by molar-refractivity contribution is 0.991. The Labute approximate surface area is 119 Å². The summed E-state index contributed by atoms with van der Waals surface area (Å²) in [5.41, 5.74) is 4.70. The first-order valence-corrected chi connectivity index (χ1v) is 7.06. The lowest BCUT2D eigenvalue weighted by atomic mass is 10.1. The summed E-state index contributed by atoms with van der Waals surface area (Å²) in [7, 11) is 1.85. The zero-order valence-electron chi connectivity index (χ0n) is 12.2. The molecular formula is C16H20N4. The summed E-state index contributed by atoms with van der Waals surface area (Å²) in [5.74, 6) is 2.16. The van der Waals surface area contributed by atoms with Crippen molar-refractivity contribution < 1.29 is 0 Å². The third-order valence-electron chi connectivity index (χ3n) is 3.62. The molecule has 1 aromatic carbocycles. The van der Waals surface area contributed by atoms with E-state index in [9.17, 15) is 0 Å². The molecule has 0 amide bonds. The molecule has 1 aromatic heterocycles. The molecule has 1 heterocycles. The van der Waals surface area contributed by atoms with E-state index in [1.165, 1.54) is 24.0 Å². The average Bonchev–Trinajstić information content (AvgIpc) is 3.27. The van der Waals surface area contributed by atoms with E-state index in [1.807, 2.05) is 7.05 Å². The molecule has 0 atom stereocenters. The molecule has 1 aliphatic carbocycles. The predicted molar refractivity (Wildman–Crippen MR) is 82.8 cm³/mol. The largest absolute Gasteiger partial charge is 0.357 e. The maximum Gasteiger partial charge on any atom is 0.224 e. The van der Waals surface area contributed by atoms with Gasteiger partial charge in [0.2, 0.25) is 5.95 Å². The second-order valence-electron chi connectivity index (χ2n) is 5.47. The van der Waals surface area contributed by atoms with Gasteiger partial charge in [0.15, 0.2) is 0 Å². The maximum absolute atomic E-state index is 4.53. The molecule has 0 radical (unpaired) electrons. The highest BCUT2D eigenvalue weighted by atomic mass is 15.1. The van der Waals surface area contributed by atoms with Gasteiger partial charge in [0.05, 0.1) is 5.69 Å². The van der Waals surface area contributed by atoms with Crippen molar-refractivity contribution in [1.82, 2.24) is 9.97 Å². The van der Waals surface area contributed by atoms with E-state index in [-0.39, 0.29) is 0 Å². The highest BCUT2D eigenvalue weighted by Gasteiger charge is 2.26. The zero-order valence-corrected chi connectivity index (χ0v) is 12.2. The average molecular weight is 268 g/mol. The van der Waals surface area contributed by atoms with Gasteiger partial charge >= 0.3 is 0 Å². The minimum atomic E-state index is 0.615. The summed E-state index contributed by atoms with van der Waals surface area (Å²) >= 11 is 0. The minimum Gasteiger partial charge on any atom is -0.357 e. The number of nitrogens with zero attached hydrogens (tertiary/aromatic N) is 2. The highest BCUT2D eigenvalue weighted by molar-refractivity contribution is 5.62. The summed E-state index contributed by atoms with van der Waals surface area (Å²) < 4.78 is 0. The van der Waals surface area contributed by atoms with E-state index < -0.39 is 0 Å². The van der Waals surface area contributed by atoms with E-state index in [1.54, 1.807) is 0 Å². The number of hydrogen-bond acceptors (Lipinski definition) is 4. The van der Waals surface area contributed by atoms with Crippen LogP contribution in [0.1, 0.15) is 35.6 Å². The molecule has 0 unspecified atom stereocenters. The van der Waals surface area contributed by atoms with Gasteiger partial charge in [-0.2, -0.15) is 4.98 Å². The number of aromatic nitrogens is 2. The Bertz CT molecular complexity index is 632. The number of nitrogens with one attached hydrogen (secondary N) is 2. The Morgan fingerprint density at radius 2 is 1.90 bits per heavy atom. The first-order valence-electron chi connectivity index (χ1n) is 7.06. The molecule has 2 N–H and O–H groups in total. The van der Waals surface area contributed by atoms with Crippen molar-refractivity contribution in [2.75, 3.05) is 17.7 Å². The Morgan fingerprint density at radius 3 is 2.60 bits per heavy atom. The molecule has 104 valence electrons. The maximum atomic E-state index is 4.53. The second-order valence-corrected chi connectivity index (χ2v) is 5.47. The zero-order chi connectivity index (χ0) is 14.1. The van der Waals surface area contributed by atoms with Crippen LogP contribution in [0.4, 0.5) is 17.5 Å². The third kappa shape index (κ3) is 2.74. The second kappa shape index (κ2) is 5.12. The van der Waals surface area contributed by atoms with Gasteiger partial charge in [0, 0.05) is 24.7 Å². The Morgan fingerprint density at radius 1 is 1.10 bits per heavy atom. The summed E-state index contributed by atoms with van der Waals surface area (Å²) in [5, 5.41) is 6.46. The summed E-state index contributed by atoms with van der Waals surface area (Å²) in [6.07, 6.45) is 2.48. The fourth-order valence-electron chi connectivity index (χ4n) is 2.24. The van der Waals surface area contributed by atoms with Crippen molar-refractivity contribution >= 4 is 17.5 Å². The Kier molecular flexibility index (Phi) is 3.30. The van der Waals surface area contributed by atoms with Crippen LogP contribution in [0.25, 0.3) is 0 Å². The van der Waals surface area contributed by atoms with Gasteiger partial charge in [-0.05, 0) is 43.9 Å². The van der Waals surface area contributed by atoms with E-state index in [0.29, 0.717) is 11.9 Å².